The number of aryl methyl sites for hydroxylation is 1. The molecule has 0 aromatic heterocycles. The second kappa shape index (κ2) is 9.51. The van der Waals surface area contributed by atoms with Gasteiger partial charge in [0, 0.05) is 16.6 Å². The summed E-state index contributed by atoms with van der Waals surface area (Å²) in [6.45, 7) is 1.87. The molecule has 0 saturated carbocycles. The highest BCUT2D eigenvalue weighted by atomic mass is 79.9. The standard InChI is InChI=1S/C16H18BrF3N2O5/c1-9-6-11(17)7-10-8-12(14(16(18,19)20)27-13(9)10)15(23)21-2-3-25-4-5-26-22-24/h6-8,14,22,24H,2-5H2,1H3,(H,21,23). The molecule has 27 heavy (non-hydrogen) atoms. The Hall–Kier alpha value is -1.66. The van der Waals surface area contributed by atoms with E-state index in [2.05, 4.69) is 26.1 Å². The zero-order chi connectivity index (χ0) is 20.0. The lowest BCUT2D eigenvalue weighted by atomic mass is 9.98. The van der Waals surface area contributed by atoms with E-state index < -0.39 is 23.8 Å². The van der Waals surface area contributed by atoms with Crippen LogP contribution in [0.1, 0.15) is 11.1 Å². The number of amides is 1. The summed E-state index contributed by atoms with van der Waals surface area (Å²) in [6.07, 6.45) is -5.91. The second-order valence-corrected chi connectivity index (χ2v) is 6.50. The van der Waals surface area contributed by atoms with Gasteiger partial charge >= 0.3 is 6.18 Å². The van der Waals surface area contributed by atoms with Crippen LogP contribution < -0.4 is 15.7 Å². The third kappa shape index (κ3) is 5.91. The average Bonchev–Trinajstić information content (AvgIpc) is 2.58. The molecule has 1 aromatic carbocycles. The van der Waals surface area contributed by atoms with Gasteiger partial charge in [0.2, 0.25) is 6.10 Å². The summed E-state index contributed by atoms with van der Waals surface area (Å²) in [5.74, 6) is -0.796. The molecular weight excluding hydrogens is 437 g/mol. The third-order valence-electron chi connectivity index (χ3n) is 3.58. The Morgan fingerprint density at radius 3 is 2.74 bits per heavy atom. The maximum Gasteiger partial charge on any atom is 0.429 e. The molecule has 1 heterocycles. The van der Waals surface area contributed by atoms with Crippen molar-refractivity contribution < 1.29 is 37.5 Å². The van der Waals surface area contributed by atoms with Gasteiger partial charge in [-0.3, -0.25) is 14.8 Å². The first-order valence-electron chi connectivity index (χ1n) is 7.86. The molecule has 0 saturated heterocycles. The fraction of sp³-hybridized carbons (Fsp3) is 0.438. The van der Waals surface area contributed by atoms with Crippen molar-refractivity contribution in [1.82, 2.24) is 11.0 Å². The van der Waals surface area contributed by atoms with Gasteiger partial charge in [-0.1, -0.05) is 21.6 Å². The zero-order valence-electron chi connectivity index (χ0n) is 14.2. The summed E-state index contributed by atoms with van der Waals surface area (Å²) in [4.78, 5) is 16.7. The predicted molar refractivity (Wildman–Crippen MR) is 92.0 cm³/mol. The number of ether oxygens (including phenoxy) is 2. The van der Waals surface area contributed by atoms with Gasteiger partial charge in [-0.15, -0.1) is 0 Å². The number of rotatable bonds is 8. The second-order valence-electron chi connectivity index (χ2n) is 5.59. The lowest BCUT2D eigenvalue weighted by Gasteiger charge is -2.29. The molecule has 0 aliphatic carbocycles. The van der Waals surface area contributed by atoms with Crippen molar-refractivity contribution in [2.75, 3.05) is 26.4 Å². The summed E-state index contributed by atoms with van der Waals surface area (Å²) >= 11 is 3.28. The van der Waals surface area contributed by atoms with E-state index >= 15 is 0 Å². The minimum absolute atomic E-state index is 0.00231. The summed E-state index contributed by atoms with van der Waals surface area (Å²) in [5.41, 5.74) is 1.86. The van der Waals surface area contributed by atoms with Crippen molar-refractivity contribution in [1.29, 1.82) is 0 Å². The van der Waals surface area contributed by atoms with Crippen molar-refractivity contribution in [2.24, 2.45) is 0 Å². The quantitative estimate of drug-likeness (QED) is 0.413. The molecule has 1 aliphatic heterocycles. The smallest absolute Gasteiger partial charge is 0.429 e. The fourth-order valence-electron chi connectivity index (χ4n) is 2.46. The molecule has 1 aliphatic rings. The van der Waals surface area contributed by atoms with Crippen molar-refractivity contribution in [3.63, 3.8) is 0 Å². The molecule has 7 nitrogen and oxygen atoms in total. The highest BCUT2D eigenvalue weighted by molar-refractivity contribution is 9.10. The lowest BCUT2D eigenvalue weighted by molar-refractivity contribution is -0.185. The maximum atomic E-state index is 13.4. The Labute approximate surface area is 161 Å². The summed E-state index contributed by atoms with van der Waals surface area (Å²) in [5, 5.41) is 10.6. The molecule has 2 rings (SSSR count). The number of carbonyl (C=O) groups excluding carboxylic acids is 1. The van der Waals surface area contributed by atoms with Crippen LogP contribution in [0.2, 0.25) is 0 Å². The first kappa shape index (κ1) is 21.6. The van der Waals surface area contributed by atoms with Crippen LogP contribution in [0.3, 0.4) is 0 Å². The van der Waals surface area contributed by atoms with Gasteiger partial charge in [0.15, 0.2) is 0 Å². The SMILES string of the molecule is Cc1cc(Br)cc2c1OC(C(F)(F)F)C(C(=O)NCCOCCONO)=C2. The number of hydrogen-bond donors (Lipinski definition) is 3. The van der Waals surface area contributed by atoms with Crippen molar-refractivity contribution in [3.05, 3.63) is 33.3 Å². The van der Waals surface area contributed by atoms with Gasteiger partial charge in [0.25, 0.3) is 5.91 Å². The van der Waals surface area contributed by atoms with Crippen LogP contribution in [-0.2, 0) is 14.4 Å². The Morgan fingerprint density at radius 2 is 2.07 bits per heavy atom. The van der Waals surface area contributed by atoms with Gasteiger partial charge in [0.05, 0.1) is 25.4 Å². The van der Waals surface area contributed by atoms with Gasteiger partial charge in [-0.2, -0.15) is 13.2 Å². The maximum absolute atomic E-state index is 13.4. The number of benzene rings is 1. The van der Waals surface area contributed by atoms with E-state index in [0.717, 1.165) is 0 Å². The number of nitrogens with one attached hydrogen (secondary N) is 2. The molecule has 0 radical (unpaired) electrons. The monoisotopic (exact) mass is 454 g/mol. The van der Waals surface area contributed by atoms with Crippen molar-refractivity contribution >= 4 is 27.9 Å². The summed E-state index contributed by atoms with van der Waals surface area (Å²) in [7, 11) is 0. The highest BCUT2D eigenvalue weighted by Gasteiger charge is 2.48. The zero-order valence-corrected chi connectivity index (χ0v) is 15.8. The van der Waals surface area contributed by atoms with E-state index in [-0.39, 0.29) is 32.1 Å². The van der Waals surface area contributed by atoms with E-state index in [4.69, 9.17) is 14.7 Å². The van der Waals surface area contributed by atoms with Crippen LogP contribution in [0.25, 0.3) is 6.08 Å². The normalized spacial score (nSPS) is 16.4. The molecule has 3 N–H and O–H groups in total. The van der Waals surface area contributed by atoms with E-state index in [1.165, 1.54) is 11.7 Å². The predicted octanol–water partition coefficient (Wildman–Crippen LogP) is 2.51. The molecule has 11 heteroatoms. The van der Waals surface area contributed by atoms with Gasteiger partial charge in [-0.25, -0.2) is 0 Å². The molecule has 0 fully saturated rings. The van der Waals surface area contributed by atoms with Gasteiger partial charge in [-0.05, 0) is 30.7 Å². The average molecular weight is 455 g/mol. The Kier molecular flexibility index (Phi) is 7.62. The fourth-order valence-corrected chi connectivity index (χ4v) is 3.05. The minimum Gasteiger partial charge on any atom is -0.475 e. The van der Waals surface area contributed by atoms with Crippen LogP contribution in [0.15, 0.2) is 22.2 Å². The number of fused-ring (bicyclic) bond motifs is 1. The molecule has 1 atom stereocenters. The lowest BCUT2D eigenvalue weighted by Crippen LogP contribution is -2.44. The summed E-state index contributed by atoms with van der Waals surface area (Å²) in [6, 6.07) is 3.22. The van der Waals surface area contributed by atoms with Crippen LogP contribution in [0, 0.1) is 6.92 Å². The Bertz CT molecular complexity index is 712. The Balaban J connectivity index is 2.08. The number of halogens is 4. The number of alkyl halides is 3. The first-order chi connectivity index (χ1) is 12.7. The van der Waals surface area contributed by atoms with E-state index in [1.807, 2.05) is 0 Å². The first-order valence-corrected chi connectivity index (χ1v) is 8.65. The van der Waals surface area contributed by atoms with E-state index in [0.29, 0.717) is 15.6 Å². The number of hydrogen-bond acceptors (Lipinski definition) is 6. The van der Waals surface area contributed by atoms with Crippen LogP contribution in [-0.4, -0.2) is 49.8 Å². The van der Waals surface area contributed by atoms with Crippen LogP contribution >= 0.6 is 15.9 Å². The Morgan fingerprint density at radius 1 is 1.33 bits per heavy atom. The molecule has 150 valence electrons. The van der Waals surface area contributed by atoms with E-state index in [9.17, 15) is 18.0 Å². The molecule has 0 bridgehead atoms. The largest absolute Gasteiger partial charge is 0.475 e. The summed E-state index contributed by atoms with van der Waals surface area (Å²) < 4.78 is 51.1. The van der Waals surface area contributed by atoms with Crippen molar-refractivity contribution in [2.45, 2.75) is 19.2 Å². The molecule has 0 spiro atoms. The topological polar surface area (TPSA) is 89.1 Å². The number of carbonyl (C=O) groups is 1. The van der Waals surface area contributed by atoms with Gasteiger partial charge < -0.3 is 14.8 Å². The van der Waals surface area contributed by atoms with Crippen LogP contribution in [0.5, 0.6) is 5.75 Å². The van der Waals surface area contributed by atoms with Gasteiger partial charge in [0.1, 0.15) is 5.75 Å². The molecular formula is C16H18BrF3N2O5. The molecule has 1 unspecified atom stereocenters. The third-order valence-corrected chi connectivity index (χ3v) is 4.04. The molecule has 1 aromatic rings. The highest BCUT2D eigenvalue weighted by Crippen LogP contribution is 2.40. The van der Waals surface area contributed by atoms with Crippen molar-refractivity contribution in [3.8, 4) is 5.75 Å². The minimum atomic E-state index is -4.74. The molecule has 1 amide bonds. The van der Waals surface area contributed by atoms with Crippen LogP contribution in [0.4, 0.5) is 13.2 Å². The van der Waals surface area contributed by atoms with E-state index in [1.54, 1.807) is 19.1 Å².